The average Bonchev–Trinajstić information content (AvgIpc) is 3.08. The summed E-state index contributed by atoms with van der Waals surface area (Å²) in [6.45, 7) is 0. The molecular formula is C13H10F2N2O2. The number of hydrogen-bond acceptors (Lipinski definition) is 2. The number of benzene rings is 1. The van der Waals surface area contributed by atoms with E-state index in [-0.39, 0.29) is 17.2 Å². The maximum absolute atomic E-state index is 13.8. The van der Waals surface area contributed by atoms with Crippen molar-refractivity contribution in [2.45, 2.75) is 18.8 Å². The average molecular weight is 264 g/mol. The van der Waals surface area contributed by atoms with Crippen molar-refractivity contribution < 1.29 is 18.7 Å². The number of carbonyl (C=O) groups is 1. The van der Waals surface area contributed by atoms with Gasteiger partial charge in [-0.05, 0) is 25.0 Å². The molecule has 6 heteroatoms. The van der Waals surface area contributed by atoms with Gasteiger partial charge in [0.15, 0.2) is 5.82 Å². The molecular weight excluding hydrogens is 254 g/mol. The maximum Gasteiger partial charge on any atom is 0.339 e. The Kier molecular flexibility index (Phi) is 2.58. The summed E-state index contributed by atoms with van der Waals surface area (Å²) in [5.74, 6) is -2.45. The van der Waals surface area contributed by atoms with Crippen LogP contribution in [0.15, 0.2) is 24.4 Å². The summed E-state index contributed by atoms with van der Waals surface area (Å²) in [7, 11) is 0. The second kappa shape index (κ2) is 4.15. The van der Waals surface area contributed by atoms with Crippen molar-refractivity contribution in [2.75, 3.05) is 0 Å². The fraction of sp³-hybridized carbons (Fsp3) is 0.231. The van der Waals surface area contributed by atoms with Crippen LogP contribution >= 0.6 is 0 Å². The Morgan fingerprint density at radius 3 is 2.68 bits per heavy atom. The van der Waals surface area contributed by atoms with Gasteiger partial charge in [0.2, 0.25) is 0 Å². The molecule has 0 spiro atoms. The highest BCUT2D eigenvalue weighted by Gasteiger charge is 2.33. The molecule has 1 heterocycles. The van der Waals surface area contributed by atoms with E-state index >= 15 is 0 Å². The number of aromatic carboxylic acids is 1. The first-order chi connectivity index (χ1) is 9.08. The fourth-order valence-corrected chi connectivity index (χ4v) is 2.12. The number of nitrogens with zero attached hydrogens (tertiary/aromatic N) is 2. The quantitative estimate of drug-likeness (QED) is 0.927. The van der Waals surface area contributed by atoms with E-state index in [1.807, 2.05) is 0 Å². The molecule has 2 aromatic rings. The molecule has 98 valence electrons. The van der Waals surface area contributed by atoms with Crippen LogP contribution in [0.1, 0.15) is 34.8 Å². The van der Waals surface area contributed by atoms with Crippen molar-refractivity contribution in [2.24, 2.45) is 0 Å². The molecule has 19 heavy (non-hydrogen) atoms. The molecule has 0 amide bonds. The summed E-state index contributed by atoms with van der Waals surface area (Å²) in [6.07, 6.45) is 2.92. The highest BCUT2D eigenvalue weighted by molar-refractivity contribution is 5.89. The molecule has 0 atom stereocenters. The lowest BCUT2D eigenvalue weighted by Gasteiger charge is -2.08. The van der Waals surface area contributed by atoms with E-state index in [9.17, 15) is 13.6 Å². The predicted octanol–water partition coefficient (Wildman–Crippen LogP) is 2.73. The number of aromatic nitrogens is 2. The van der Waals surface area contributed by atoms with Crippen LogP contribution in [0, 0.1) is 11.6 Å². The molecule has 1 fully saturated rings. The van der Waals surface area contributed by atoms with Crippen LogP contribution in [0.4, 0.5) is 8.78 Å². The van der Waals surface area contributed by atoms with Crippen molar-refractivity contribution in [3.63, 3.8) is 0 Å². The van der Waals surface area contributed by atoms with E-state index in [0.29, 0.717) is 5.69 Å². The maximum atomic E-state index is 13.8. The van der Waals surface area contributed by atoms with Gasteiger partial charge in [0, 0.05) is 12.0 Å². The number of carboxylic acids is 1. The predicted molar refractivity (Wildman–Crippen MR) is 62.4 cm³/mol. The molecule has 0 bridgehead atoms. The van der Waals surface area contributed by atoms with Gasteiger partial charge in [0.05, 0.1) is 11.9 Å². The Bertz CT molecular complexity index is 663. The van der Waals surface area contributed by atoms with Crippen LogP contribution in [0.2, 0.25) is 0 Å². The van der Waals surface area contributed by atoms with Gasteiger partial charge in [0.25, 0.3) is 0 Å². The molecule has 3 rings (SSSR count). The molecule has 1 aliphatic carbocycles. The second-order valence-corrected chi connectivity index (χ2v) is 4.53. The van der Waals surface area contributed by atoms with E-state index in [1.54, 1.807) is 0 Å². The minimum absolute atomic E-state index is 0.0656. The zero-order valence-electron chi connectivity index (χ0n) is 9.81. The van der Waals surface area contributed by atoms with Gasteiger partial charge in [-0.2, -0.15) is 5.10 Å². The Morgan fingerprint density at radius 2 is 2.11 bits per heavy atom. The zero-order chi connectivity index (χ0) is 13.6. The van der Waals surface area contributed by atoms with Crippen LogP contribution in [-0.2, 0) is 0 Å². The number of rotatable bonds is 3. The number of hydrogen-bond donors (Lipinski definition) is 1. The third-order valence-corrected chi connectivity index (χ3v) is 3.14. The summed E-state index contributed by atoms with van der Waals surface area (Å²) in [5, 5.41) is 13.0. The SMILES string of the molecule is O=C(O)c1cnn(-c2ccc(F)cc2F)c1C1CC1. The summed E-state index contributed by atoms with van der Waals surface area (Å²) in [4.78, 5) is 11.1. The van der Waals surface area contributed by atoms with Crippen LogP contribution < -0.4 is 0 Å². The first-order valence-corrected chi connectivity index (χ1v) is 5.84. The topological polar surface area (TPSA) is 55.1 Å². The van der Waals surface area contributed by atoms with Crippen molar-refractivity contribution in [1.82, 2.24) is 9.78 Å². The van der Waals surface area contributed by atoms with Crippen LogP contribution in [0.25, 0.3) is 5.69 Å². The second-order valence-electron chi connectivity index (χ2n) is 4.53. The van der Waals surface area contributed by atoms with Gasteiger partial charge >= 0.3 is 5.97 Å². The minimum atomic E-state index is -1.09. The van der Waals surface area contributed by atoms with Crippen LogP contribution in [-0.4, -0.2) is 20.9 Å². The summed E-state index contributed by atoms with van der Waals surface area (Å²) < 4.78 is 27.9. The van der Waals surface area contributed by atoms with Crippen LogP contribution in [0.3, 0.4) is 0 Å². The lowest BCUT2D eigenvalue weighted by atomic mass is 10.1. The first kappa shape index (κ1) is 11.8. The number of halogens is 2. The smallest absolute Gasteiger partial charge is 0.339 e. The van der Waals surface area contributed by atoms with Crippen molar-refractivity contribution in [3.05, 3.63) is 47.3 Å². The monoisotopic (exact) mass is 264 g/mol. The Morgan fingerprint density at radius 1 is 1.37 bits per heavy atom. The van der Waals surface area contributed by atoms with E-state index in [2.05, 4.69) is 5.10 Å². The van der Waals surface area contributed by atoms with E-state index < -0.39 is 17.6 Å². The molecule has 4 nitrogen and oxygen atoms in total. The molecule has 1 saturated carbocycles. The Labute approximate surface area is 107 Å². The lowest BCUT2D eigenvalue weighted by molar-refractivity contribution is 0.0695. The third-order valence-electron chi connectivity index (χ3n) is 3.14. The van der Waals surface area contributed by atoms with Gasteiger partial charge in [-0.1, -0.05) is 0 Å². The van der Waals surface area contributed by atoms with Gasteiger partial charge < -0.3 is 5.11 Å². The molecule has 0 radical (unpaired) electrons. The molecule has 1 aliphatic rings. The Hall–Kier alpha value is -2.24. The third kappa shape index (κ3) is 1.99. The first-order valence-electron chi connectivity index (χ1n) is 5.84. The molecule has 1 N–H and O–H groups in total. The van der Waals surface area contributed by atoms with Gasteiger partial charge in [-0.3, -0.25) is 0 Å². The minimum Gasteiger partial charge on any atom is -0.478 e. The summed E-state index contributed by atoms with van der Waals surface area (Å²) >= 11 is 0. The van der Waals surface area contributed by atoms with E-state index in [0.717, 1.165) is 25.0 Å². The summed E-state index contributed by atoms with van der Waals surface area (Å²) in [6, 6.07) is 3.14. The van der Waals surface area contributed by atoms with E-state index in [1.165, 1.54) is 16.9 Å². The normalized spacial score (nSPS) is 14.6. The number of carboxylic acid groups (broad SMARTS) is 1. The van der Waals surface area contributed by atoms with Gasteiger partial charge in [0.1, 0.15) is 17.1 Å². The highest BCUT2D eigenvalue weighted by Crippen LogP contribution is 2.42. The van der Waals surface area contributed by atoms with Gasteiger partial charge in [-0.15, -0.1) is 0 Å². The summed E-state index contributed by atoms with van der Waals surface area (Å²) in [5.41, 5.74) is 0.625. The highest BCUT2D eigenvalue weighted by atomic mass is 19.1. The molecule has 0 unspecified atom stereocenters. The zero-order valence-corrected chi connectivity index (χ0v) is 9.81. The molecule has 0 aliphatic heterocycles. The van der Waals surface area contributed by atoms with Crippen molar-refractivity contribution in [1.29, 1.82) is 0 Å². The molecule has 1 aromatic heterocycles. The van der Waals surface area contributed by atoms with Crippen molar-refractivity contribution >= 4 is 5.97 Å². The standard InChI is InChI=1S/C13H10F2N2O2/c14-8-3-4-11(10(15)5-8)17-12(7-1-2-7)9(6-16-17)13(18)19/h3-7H,1-2H2,(H,18,19). The molecule has 1 aromatic carbocycles. The molecule has 0 saturated heterocycles. The van der Waals surface area contributed by atoms with Crippen LogP contribution in [0.5, 0.6) is 0 Å². The Balaban J connectivity index is 2.17. The lowest BCUT2D eigenvalue weighted by Crippen LogP contribution is -2.07. The van der Waals surface area contributed by atoms with Gasteiger partial charge in [-0.25, -0.2) is 18.3 Å². The van der Waals surface area contributed by atoms with E-state index in [4.69, 9.17) is 5.11 Å². The largest absolute Gasteiger partial charge is 0.478 e. The fourth-order valence-electron chi connectivity index (χ4n) is 2.12. The van der Waals surface area contributed by atoms with Crippen molar-refractivity contribution in [3.8, 4) is 5.69 Å².